The first kappa shape index (κ1) is 10.9. The molecule has 0 aliphatic rings. The van der Waals surface area contributed by atoms with Crippen LogP contribution in [0.3, 0.4) is 0 Å². The van der Waals surface area contributed by atoms with E-state index in [1.165, 1.54) is 0 Å². The van der Waals surface area contributed by atoms with Crippen LogP contribution < -0.4 is 0 Å². The Morgan fingerprint density at radius 1 is 1.12 bits per heavy atom. The molecule has 0 atom stereocenters. The number of aldehydes is 1. The van der Waals surface area contributed by atoms with Crippen molar-refractivity contribution in [3.05, 3.63) is 59.9 Å². The molecule has 0 bridgehead atoms. The number of rotatable bonds is 4. The largest absolute Gasteiger partial charge is 0.298 e. The fourth-order valence-electron chi connectivity index (χ4n) is 1.28. The Hall–Kier alpha value is -1.61. The second kappa shape index (κ2) is 5.47. The number of pyridine rings is 1. The number of thioether (sulfide) groups is 1. The summed E-state index contributed by atoms with van der Waals surface area (Å²) in [5.74, 6) is 0.848. The summed E-state index contributed by atoms with van der Waals surface area (Å²) in [6.45, 7) is 0. The van der Waals surface area contributed by atoms with Crippen molar-refractivity contribution >= 4 is 18.0 Å². The highest BCUT2D eigenvalue weighted by molar-refractivity contribution is 7.98. The van der Waals surface area contributed by atoms with Crippen molar-refractivity contribution in [3.63, 3.8) is 0 Å². The van der Waals surface area contributed by atoms with Gasteiger partial charge in [-0.25, -0.2) is 0 Å². The lowest BCUT2D eigenvalue weighted by Crippen LogP contribution is -1.84. The Labute approximate surface area is 98.7 Å². The van der Waals surface area contributed by atoms with E-state index in [1.54, 1.807) is 18.0 Å². The summed E-state index contributed by atoms with van der Waals surface area (Å²) in [5.41, 5.74) is 1.77. The predicted octanol–water partition coefficient (Wildman–Crippen LogP) is 3.19. The zero-order valence-electron chi connectivity index (χ0n) is 8.67. The lowest BCUT2D eigenvalue weighted by molar-refractivity contribution is 0.112. The highest BCUT2D eigenvalue weighted by Crippen LogP contribution is 2.21. The number of benzene rings is 1. The van der Waals surface area contributed by atoms with E-state index < -0.39 is 0 Å². The molecule has 0 aliphatic carbocycles. The molecule has 0 radical (unpaired) electrons. The first-order valence-electron chi connectivity index (χ1n) is 4.96. The highest BCUT2D eigenvalue weighted by atomic mass is 32.2. The predicted molar refractivity (Wildman–Crippen MR) is 65.6 cm³/mol. The maximum atomic E-state index is 10.5. The Balaban J connectivity index is 1.97. The molecule has 3 heteroatoms. The summed E-state index contributed by atoms with van der Waals surface area (Å²) in [7, 11) is 0. The third kappa shape index (κ3) is 2.94. The lowest BCUT2D eigenvalue weighted by Gasteiger charge is -2.01. The molecular formula is C13H11NOS. The fourth-order valence-corrected chi connectivity index (χ4v) is 2.10. The minimum atomic E-state index is 0.710. The van der Waals surface area contributed by atoms with Gasteiger partial charge in [-0.3, -0.25) is 9.78 Å². The molecule has 0 spiro atoms. The SMILES string of the molecule is O=Cc1ccc(SCc2ccccn2)cc1. The van der Waals surface area contributed by atoms with E-state index in [1.807, 2.05) is 42.5 Å². The standard InChI is InChI=1S/C13H11NOS/c15-9-11-4-6-13(7-5-11)16-10-12-3-1-2-8-14-12/h1-9H,10H2. The van der Waals surface area contributed by atoms with Crippen molar-refractivity contribution < 1.29 is 4.79 Å². The van der Waals surface area contributed by atoms with Crippen LogP contribution in [-0.4, -0.2) is 11.3 Å². The number of carbonyl (C=O) groups excluding carboxylic acids is 1. The molecule has 1 heterocycles. The number of hydrogen-bond donors (Lipinski definition) is 0. The van der Waals surface area contributed by atoms with Gasteiger partial charge in [-0.2, -0.15) is 0 Å². The number of aromatic nitrogens is 1. The summed E-state index contributed by atoms with van der Waals surface area (Å²) in [5, 5.41) is 0. The topological polar surface area (TPSA) is 30.0 Å². The first-order chi connectivity index (χ1) is 7.88. The van der Waals surface area contributed by atoms with Gasteiger partial charge in [0.15, 0.2) is 0 Å². The van der Waals surface area contributed by atoms with Gasteiger partial charge in [-0.1, -0.05) is 18.2 Å². The van der Waals surface area contributed by atoms with Crippen LogP contribution in [0.2, 0.25) is 0 Å². The van der Waals surface area contributed by atoms with Gasteiger partial charge in [0.25, 0.3) is 0 Å². The molecule has 0 unspecified atom stereocenters. The quantitative estimate of drug-likeness (QED) is 0.595. The van der Waals surface area contributed by atoms with E-state index >= 15 is 0 Å². The average Bonchev–Trinajstić information content (AvgIpc) is 2.38. The maximum Gasteiger partial charge on any atom is 0.150 e. The summed E-state index contributed by atoms with van der Waals surface area (Å²) in [6.07, 6.45) is 2.65. The molecule has 2 rings (SSSR count). The first-order valence-corrected chi connectivity index (χ1v) is 5.95. The molecule has 16 heavy (non-hydrogen) atoms. The van der Waals surface area contributed by atoms with E-state index in [2.05, 4.69) is 4.98 Å². The average molecular weight is 229 g/mol. The Morgan fingerprint density at radius 3 is 2.56 bits per heavy atom. The minimum Gasteiger partial charge on any atom is -0.298 e. The summed E-state index contributed by atoms with van der Waals surface area (Å²) < 4.78 is 0. The molecule has 2 nitrogen and oxygen atoms in total. The van der Waals surface area contributed by atoms with Crippen molar-refractivity contribution in [2.45, 2.75) is 10.6 Å². The van der Waals surface area contributed by atoms with Crippen LogP contribution in [0.1, 0.15) is 16.1 Å². The normalized spacial score (nSPS) is 10.0. The molecule has 0 fully saturated rings. The second-order valence-corrected chi connectivity index (χ2v) is 4.35. The zero-order valence-corrected chi connectivity index (χ0v) is 9.48. The second-order valence-electron chi connectivity index (χ2n) is 3.30. The molecule has 0 saturated heterocycles. The van der Waals surface area contributed by atoms with E-state index in [0.717, 1.165) is 22.6 Å². The molecule has 0 saturated carbocycles. The molecule has 0 N–H and O–H groups in total. The summed E-state index contributed by atoms with van der Waals surface area (Å²) in [6, 6.07) is 13.5. The molecule has 1 aromatic heterocycles. The van der Waals surface area contributed by atoms with E-state index in [4.69, 9.17) is 0 Å². The van der Waals surface area contributed by atoms with Crippen molar-refractivity contribution in [2.75, 3.05) is 0 Å². The van der Waals surface area contributed by atoms with Crippen molar-refractivity contribution in [1.29, 1.82) is 0 Å². The maximum absolute atomic E-state index is 10.5. The molecule has 2 aromatic rings. The van der Waals surface area contributed by atoms with E-state index in [0.29, 0.717) is 5.56 Å². The Kier molecular flexibility index (Phi) is 3.72. The van der Waals surface area contributed by atoms with E-state index in [9.17, 15) is 4.79 Å². The zero-order chi connectivity index (χ0) is 11.2. The van der Waals surface area contributed by atoms with Gasteiger partial charge in [0.05, 0.1) is 5.69 Å². The number of hydrogen-bond acceptors (Lipinski definition) is 3. The molecular weight excluding hydrogens is 218 g/mol. The molecule has 1 aromatic carbocycles. The van der Waals surface area contributed by atoms with Crippen LogP contribution in [0.25, 0.3) is 0 Å². The minimum absolute atomic E-state index is 0.710. The third-order valence-electron chi connectivity index (χ3n) is 2.13. The highest BCUT2D eigenvalue weighted by Gasteiger charge is 1.97. The van der Waals surface area contributed by atoms with Crippen molar-refractivity contribution in [2.24, 2.45) is 0 Å². The number of nitrogens with zero attached hydrogens (tertiary/aromatic N) is 1. The van der Waals surface area contributed by atoms with Crippen molar-refractivity contribution in [1.82, 2.24) is 4.98 Å². The van der Waals surface area contributed by atoms with Crippen LogP contribution in [-0.2, 0) is 5.75 Å². The van der Waals surface area contributed by atoms with Gasteiger partial charge >= 0.3 is 0 Å². The van der Waals surface area contributed by atoms with Gasteiger partial charge < -0.3 is 0 Å². The smallest absolute Gasteiger partial charge is 0.150 e. The summed E-state index contributed by atoms with van der Waals surface area (Å²) in [4.78, 5) is 15.9. The molecule has 0 aliphatic heterocycles. The van der Waals surface area contributed by atoms with Crippen LogP contribution in [0, 0.1) is 0 Å². The van der Waals surface area contributed by atoms with Gasteiger partial charge in [0, 0.05) is 22.4 Å². The van der Waals surface area contributed by atoms with Gasteiger partial charge in [-0.05, 0) is 24.3 Å². The Morgan fingerprint density at radius 2 is 1.94 bits per heavy atom. The molecule has 80 valence electrons. The fraction of sp³-hybridized carbons (Fsp3) is 0.0769. The van der Waals surface area contributed by atoms with E-state index in [-0.39, 0.29) is 0 Å². The summed E-state index contributed by atoms with van der Waals surface area (Å²) >= 11 is 1.71. The van der Waals surface area contributed by atoms with Crippen LogP contribution in [0.5, 0.6) is 0 Å². The van der Waals surface area contributed by atoms with Crippen LogP contribution in [0.4, 0.5) is 0 Å². The monoisotopic (exact) mass is 229 g/mol. The van der Waals surface area contributed by atoms with Crippen molar-refractivity contribution in [3.8, 4) is 0 Å². The third-order valence-corrected chi connectivity index (χ3v) is 3.17. The lowest BCUT2D eigenvalue weighted by atomic mass is 10.2. The van der Waals surface area contributed by atoms with Crippen LogP contribution in [0.15, 0.2) is 53.6 Å². The van der Waals surface area contributed by atoms with Crippen LogP contribution >= 0.6 is 11.8 Å². The van der Waals surface area contributed by atoms with Gasteiger partial charge in [0.1, 0.15) is 6.29 Å². The molecule has 0 amide bonds. The number of carbonyl (C=O) groups is 1. The Bertz CT molecular complexity index is 453. The van der Waals surface area contributed by atoms with Gasteiger partial charge in [-0.15, -0.1) is 11.8 Å². The van der Waals surface area contributed by atoms with Gasteiger partial charge in [0.2, 0.25) is 0 Å².